The van der Waals surface area contributed by atoms with E-state index in [1.807, 2.05) is 30.3 Å². The molecule has 0 radical (unpaired) electrons. The third-order valence-electron chi connectivity index (χ3n) is 5.84. The molecule has 2 aromatic rings. The molecular weight excluding hydrogens is 390 g/mol. The second-order valence-corrected chi connectivity index (χ2v) is 8.15. The van der Waals surface area contributed by atoms with Crippen LogP contribution in [0.25, 0.3) is 0 Å². The monoisotopic (exact) mass is 423 g/mol. The maximum absolute atomic E-state index is 12.7. The molecule has 0 spiro atoms. The molecule has 2 aromatic carbocycles. The Kier molecular flexibility index (Phi) is 8.47. The van der Waals surface area contributed by atoms with Crippen molar-refractivity contribution in [1.29, 1.82) is 0 Å². The lowest BCUT2D eigenvalue weighted by molar-refractivity contribution is -0.138. The van der Waals surface area contributed by atoms with E-state index in [4.69, 9.17) is 4.74 Å². The van der Waals surface area contributed by atoms with Gasteiger partial charge < -0.3 is 19.9 Å². The number of piperidine rings is 1. The molecule has 1 fully saturated rings. The Morgan fingerprint density at radius 2 is 1.87 bits per heavy atom. The minimum absolute atomic E-state index is 0.0361. The van der Waals surface area contributed by atoms with Gasteiger partial charge in [-0.05, 0) is 31.5 Å². The summed E-state index contributed by atoms with van der Waals surface area (Å²) >= 11 is 0. The van der Waals surface area contributed by atoms with Gasteiger partial charge in [0.25, 0.3) is 0 Å². The van der Waals surface area contributed by atoms with Crippen LogP contribution < -0.4 is 10.1 Å². The topological polar surface area (TPSA) is 61.9 Å². The van der Waals surface area contributed by atoms with Gasteiger partial charge in [0, 0.05) is 44.7 Å². The third kappa shape index (κ3) is 6.82. The molecule has 0 aromatic heterocycles. The highest BCUT2D eigenvalue weighted by Crippen LogP contribution is 2.24. The van der Waals surface area contributed by atoms with Crippen molar-refractivity contribution in [2.24, 2.45) is 5.92 Å². The number of methoxy groups -OCH3 is 1. The number of likely N-dealkylation sites (tertiary alicyclic amines) is 1. The number of para-hydroxylation sites is 1. The summed E-state index contributed by atoms with van der Waals surface area (Å²) in [6, 6.07) is 18.1. The first kappa shape index (κ1) is 22.8. The van der Waals surface area contributed by atoms with Crippen LogP contribution in [0, 0.1) is 5.92 Å². The van der Waals surface area contributed by atoms with Crippen LogP contribution in [0.1, 0.15) is 24.0 Å². The van der Waals surface area contributed by atoms with Crippen LogP contribution in [-0.4, -0.2) is 62.0 Å². The van der Waals surface area contributed by atoms with Crippen molar-refractivity contribution in [2.45, 2.75) is 25.8 Å². The first-order chi connectivity index (χ1) is 15.1. The van der Waals surface area contributed by atoms with Gasteiger partial charge in [-0.3, -0.25) is 9.59 Å². The average Bonchev–Trinajstić information content (AvgIpc) is 2.80. The van der Waals surface area contributed by atoms with Gasteiger partial charge in [-0.2, -0.15) is 0 Å². The van der Waals surface area contributed by atoms with Crippen LogP contribution >= 0.6 is 0 Å². The zero-order valence-electron chi connectivity index (χ0n) is 18.5. The molecule has 1 atom stereocenters. The lowest BCUT2D eigenvalue weighted by Gasteiger charge is -2.32. The number of nitrogens with zero attached hydrogens (tertiary/aromatic N) is 2. The van der Waals surface area contributed by atoms with Gasteiger partial charge in [-0.1, -0.05) is 48.5 Å². The van der Waals surface area contributed by atoms with Gasteiger partial charge in [-0.25, -0.2) is 0 Å². The van der Waals surface area contributed by atoms with E-state index in [1.54, 1.807) is 12.0 Å². The van der Waals surface area contributed by atoms with Gasteiger partial charge in [-0.15, -0.1) is 0 Å². The van der Waals surface area contributed by atoms with Crippen LogP contribution in [0.4, 0.5) is 0 Å². The maximum Gasteiger partial charge on any atom is 0.224 e. The van der Waals surface area contributed by atoms with Gasteiger partial charge in [0.1, 0.15) is 5.75 Å². The first-order valence-electron chi connectivity index (χ1n) is 11.0. The zero-order valence-corrected chi connectivity index (χ0v) is 18.5. The van der Waals surface area contributed by atoms with Gasteiger partial charge >= 0.3 is 0 Å². The van der Waals surface area contributed by atoms with Crippen molar-refractivity contribution >= 4 is 11.8 Å². The smallest absolute Gasteiger partial charge is 0.224 e. The number of benzene rings is 2. The maximum atomic E-state index is 12.7. The number of hydrogen-bond donors (Lipinski definition) is 1. The fourth-order valence-corrected chi connectivity index (χ4v) is 3.91. The van der Waals surface area contributed by atoms with Crippen molar-refractivity contribution < 1.29 is 14.3 Å². The van der Waals surface area contributed by atoms with Gasteiger partial charge in [0.05, 0.1) is 13.0 Å². The summed E-state index contributed by atoms with van der Waals surface area (Å²) in [5, 5.41) is 3.06. The van der Waals surface area contributed by atoms with Crippen molar-refractivity contribution in [3.05, 3.63) is 65.7 Å². The minimum atomic E-state index is -0.165. The SMILES string of the molecule is COc1ccccc1CN1C[C@H](C(=O)NCCN(C)CCc2ccccc2)CCC1=O. The molecule has 6 heteroatoms. The molecule has 1 saturated heterocycles. The van der Waals surface area contributed by atoms with Crippen molar-refractivity contribution in [3.8, 4) is 5.75 Å². The average molecular weight is 424 g/mol. The lowest BCUT2D eigenvalue weighted by Crippen LogP contribution is -2.46. The van der Waals surface area contributed by atoms with Gasteiger partial charge in [0.15, 0.2) is 0 Å². The standard InChI is InChI=1S/C25H33N3O3/c1-27(16-14-20-8-4-3-5-9-20)17-15-26-25(30)22-12-13-24(29)28(19-22)18-21-10-6-7-11-23(21)31-2/h3-11,22H,12-19H2,1-2H3,(H,26,30)/t22-/m1/s1. The van der Waals surface area contributed by atoms with Crippen LogP contribution in [0.3, 0.4) is 0 Å². The molecule has 1 aliphatic rings. The predicted octanol–water partition coefficient (Wildman–Crippen LogP) is 2.72. The normalized spacial score (nSPS) is 16.4. The van der Waals surface area contributed by atoms with Gasteiger partial charge in [0.2, 0.25) is 11.8 Å². The van der Waals surface area contributed by atoms with E-state index < -0.39 is 0 Å². The molecule has 31 heavy (non-hydrogen) atoms. The molecule has 0 saturated carbocycles. The van der Waals surface area contributed by atoms with E-state index in [0.29, 0.717) is 32.5 Å². The number of rotatable bonds is 10. The fourth-order valence-electron chi connectivity index (χ4n) is 3.91. The highest BCUT2D eigenvalue weighted by Gasteiger charge is 2.30. The summed E-state index contributed by atoms with van der Waals surface area (Å²) in [6.45, 7) is 3.28. The van der Waals surface area contributed by atoms with Crippen LogP contribution in [-0.2, 0) is 22.6 Å². The Bertz CT molecular complexity index is 856. The summed E-state index contributed by atoms with van der Waals surface area (Å²) in [5.74, 6) is 0.729. The molecule has 166 valence electrons. The zero-order chi connectivity index (χ0) is 22.1. The van der Waals surface area contributed by atoms with E-state index in [-0.39, 0.29) is 17.7 Å². The van der Waals surface area contributed by atoms with Crippen molar-refractivity contribution in [2.75, 3.05) is 40.3 Å². The summed E-state index contributed by atoms with van der Waals surface area (Å²) in [4.78, 5) is 29.1. The van der Waals surface area contributed by atoms with E-state index in [2.05, 4.69) is 41.5 Å². The molecule has 1 N–H and O–H groups in total. The molecule has 1 heterocycles. The Labute approximate surface area is 185 Å². The summed E-state index contributed by atoms with van der Waals surface area (Å²) < 4.78 is 5.40. The number of hydrogen-bond acceptors (Lipinski definition) is 4. The van der Waals surface area contributed by atoms with Crippen LogP contribution in [0.15, 0.2) is 54.6 Å². The molecule has 2 amide bonds. The quantitative estimate of drug-likeness (QED) is 0.638. The van der Waals surface area contributed by atoms with Crippen molar-refractivity contribution in [1.82, 2.24) is 15.1 Å². The largest absolute Gasteiger partial charge is 0.496 e. The fraction of sp³-hybridized carbons (Fsp3) is 0.440. The second-order valence-electron chi connectivity index (χ2n) is 8.15. The Morgan fingerprint density at radius 3 is 2.65 bits per heavy atom. The molecule has 0 aliphatic carbocycles. The summed E-state index contributed by atoms with van der Waals surface area (Å²) in [7, 11) is 3.70. The second kappa shape index (κ2) is 11.5. The highest BCUT2D eigenvalue weighted by molar-refractivity contribution is 5.83. The van der Waals surface area contributed by atoms with Crippen LogP contribution in [0.5, 0.6) is 5.75 Å². The highest BCUT2D eigenvalue weighted by atomic mass is 16.5. The number of carbonyl (C=O) groups is 2. The number of likely N-dealkylation sites (N-methyl/N-ethyl adjacent to an activating group) is 1. The molecule has 1 aliphatic heterocycles. The number of amides is 2. The van der Waals surface area contributed by atoms with E-state index in [1.165, 1.54) is 5.56 Å². The predicted molar refractivity (Wildman–Crippen MR) is 122 cm³/mol. The molecule has 6 nitrogen and oxygen atoms in total. The Balaban J connectivity index is 1.43. The molecule has 0 unspecified atom stereocenters. The lowest BCUT2D eigenvalue weighted by atomic mass is 9.96. The van der Waals surface area contributed by atoms with E-state index >= 15 is 0 Å². The van der Waals surface area contributed by atoms with E-state index in [9.17, 15) is 9.59 Å². The van der Waals surface area contributed by atoms with Crippen LogP contribution in [0.2, 0.25) is 0 Å². The number of carbonyl (C=O) groups excluding carboxylic acids is 2. The Morgan fingerprint density at radius 1 is 1.13 bits per heavy atom. The minimum Gasteiger partial charge on any atom is -0.496 e. The molecular formula is C25H33N3O3. The number of ether oxygens (including phenoxy) is 1. The molecule has 3 rings (SSSR count). The third-order valence-corrected chi connectivity index (χ3v) is 5.84. The molecule has 0 bridgehead atoms. The Hall–Kier alpha value is -2.86. The number of nitrogens with one attached hydrogen (secondary N) is 1. The van der Waals surface area contributed by atoms with Crippen molar-refractivity contribution in [3.63, 3.8) is 0 Å². The summed E-state index contributed by atoms with van der Waals surface area (Å²) in [5.41, 5.74) is 2.28. The first-order valence-corrected chi connectivity index (χ1v) is 11.0. The van der Waals surface area contributed by atoms with E-state index in [0.717, 1.165) is 30.8 Å². The summed E-state index contributed by atoms with van der Waals surface area (Å²) in [6.07, 6.45) is 2.01.